The molecule has 0 aromatic heterocycles. The molecule has 7 heteroatoms. The molecule has 0 fully saturated rings. The van der Waals surface area contributed by atoms with Gasteiger partial charge < -0.3 is 9.47 Å². The maximum Gasteiger partial charge on any atom is 0.257 e. The number of methoxy groups -OCH3 is 1. The number of rotatable bonds is 6. The number of ether oxygens (including phenoxy) is 2. The fourth-order valence-corrected chi connectivity index (χ4v) is 2.77. The molecule has 0 unspecified atom stereocenters. The maximum absolute atomic E-state index is 11.2. The highest BCUT2D eigenvalue weighted by Gasteiger charge is 2.11. The Kier molecular flexibility index (Phi) is 6.84. The second-order valence-corrected chi connectivity index (χ2v) is 6.56. The summed E-state index contributed by atoms with van der Waals surface area (Å²) in [6.07, 6.45) is 2.97. The van der Waals surface area contributed by atoms with Gasteiger partial charge in [0.1, 0.15) is 6.61 Å². The van der Waals surface area contributed by atoms with Crippen molar-refractivity contribution in [2.24, 2.45) is 5.84 Å². The van der Waals surface area contributed by atoms with Gasteiger partial charge in [-0.3, -0.25) is 10.2 Å². The number of benzene rings is 2. The molecular weight excluding hydrogens is 440 g/mol. The first kappa shape index (κ1) is 18.5. The van der Waals surface area contributed by atoms with E-state index in [9.17, 15) is 4.79 Å². The van der Waals surface area contributed by atoms with Crippen LogP contribution in [0.25, 0.3) is 6.08 Å². The summed E-state index contributed by atoms with van der Waals surface area (Å²) in [6, 6.07) is 11.5. The molecule has 126 valence electrons. The van der Waals surface area contributed by atoms with Gasteiger partial charge in [-0.05, 0) is 57.4 Å². The summed E-state index contributed by atoms with van der Waals surface area (Å²) in [5, 5.41) is 0. The van der Waals surface area contributed by atoms with Crippen LogP contribution in [0.2, 0.25) is 0 Å². The predicted octanol–water partition coefficient (Wildman–Crippen LogP) is 3.80. The first-order chi connectivity index (χ1) is 11.5. The van der Waals surface area contributed by atoms with E-state index in [2.05, 4.69) is 31.9 Å². The van der Waals surface area contributed by atoms with Gasteiger partial charge in [-0.25, -0.2) is 5.84 Å². The van der Waals surface area contributed by atoms with Crippen LogP contribution in [0, 0.1) is 0 Å². The molecule has 0 saturated heterocycles. The Hall–Kier alpha value is -1.83. The number of carbonyl (C=O) groups excluding carboxylic acids is 1. The minimum absolute atomic E-state index is 0.388. The molecule has 24 heavy (non-hydrogen) atoms. The van der Waals surface area contributed by atoms with Crippen LogP contribution in [0.3, 0.4) is 0 Å². The molecule has 0 bridgehead atoms. The number of amides is 1. The van der Waals surface area contributed by atoms with Crippen molar-refractivity contribution in [3.05, 3.63) is 62.5 Å². The molecule has 3 N–H and O–H groups in total. The summed E-state index contributed by atoms with van der Waals surface area (Å²) in [7, 11) is 1.56. The van der Waals surface area contributed by atoms with Crippen molar-refractivity contribution in [2.75, 3.05) is 7.11 Å². The Balaban J connectivity index is 2.18. The Morgan fingerprint density at radius 2 is 1.96 bits per heavy atom. The van der Waals surface area contributed by atoms with Gasteiger partial charge in [-0.2, -0.15) is 0 Å². The molecule has 0 atom stereocenters. The lowest BCUT2D eigenvalue weighted by molar-refractivity contribution is -0.116. The molecule has 0 radical (unpaired) electrons. The molecule has 1 amide bonds. The standard InChI is InChI=1S/C17H16Br2N2O3/c1-23-15-9-12(4-7-16(22)21-20)8-14(19)17(15)24-10-11-2-5-13(18)6-3-11/h2-9H,10,20H2,1H3,(H,21,22)/b7-4+. The Bertz CT molecular complexity index is 746. The third-order valence-electron chi connectivity index (χ3n) is 3.12. The van der Waals surface area contributed by atoms with Crippen LogP contribution in [0.5, 0.6) is 11.5 Å². The van der Waals surface area contributed by atoms with E-state index in [-0.39, 0.29) is 5.91 Å². The average Bonchev–Trinajstić information content (AvgIpc) is 2.59. The normalized spacial score (nSPS) is 10.7. The van der Waals surface area contributed by atoms with Crippen LogP contribution in [0.4, 0.5) is 0 Å². The molecule has 0 saturated carbocycles. The van der Waals surface area contributed by atoms with Gasteiger partial charge >= 0.3 is 0 Å². The van der Waals surface area contributed by atoms with Crippen LogP contribution in [-0.4, -0.2) is 13.0 Å². The van der Waals surface area contributed by atoms with Gasteiger partial charge in [0.05, 0.1) is 11.6 Å². The van der Waals surface area contributed by atoms with E-state index in [0.717, 1.165) is 20.1 Å². The fourth-order valence-electron chi connectivity index (χ4n) is 1.93. The minimum atomic E-state index is -0.388. The quantitative estimate of drug-likeness (QED) is 0.300. The Morgan fingerprint density at radius 1 is 1.25 bits per heavy atom. The van der Waals surface area contributed by atoms with Gasteiger partial charge in [0.25, 0.3) is 5.91 Å². The highest BCUT2D eigenvalue weighted by Crippen LogP contribution is 2.37. The predicted molar refractivity (Wildman–Crippen MR) is 101 cm³/mol. The average molecular weight is 456 g/mol. The van der Waals surface area contributed by atoms with Crippen LogP contribution < -0.4 is 20.7 Å². The number of carbonyl (C=O) groups is 1. The lowest BCUT2D eigenvalue weighted by Crippen LogP contribution is -2.27. The number of hydrazine groups is 1. The van der Waals surface area contributed by atoms with Gasteiger partial charge in [0.15, 0.2) is 11.5 Å². The number of hydrogen-bond donors (Lipinski definition) is 2. The molecular formula is C17H16Br2N2O3. The third kappa shape index (κ3) is 5.09. The third-order valence-corrected chi connectivity index (χ3v) is 4.24. The van der Waals surface area contributed by atoms with Crippen molar-refractivity contribution in [3.8, 4) is 11.5 Å². The summed E-state index contributed by atoms with van der Waals surface area (Å²) < 4.78 is 13.0. The largest absolute Gasteiger partial charge is 0.493 e. The van der Waals surface area contributed by atoms with E-state index < -0.39 is 0 Å². The van der Waals surface area contributed by atoms with Crippen LogP contribution in [0.15, 0.2) is 51.4 Å². The first-order valence-electron chi connectivity index (χ1n) is 6.97. The number of halogens is 2. The zero-order valence-electron chi connectivity index (χ0n) is 12.9. The monoisotopic (exact) mass is 454 g/mol. The number of nitrogens with one attached hydrogen (secondary N) is 1. The summed E-state index contributed by atoms with van der Waals surface area (Å²) in [5.74, 6) is 5.82. The summed E-state index contributed by atoms with van der Waals surface area (Å²) in [5.41, 5.74) is 3.85. The maximum atomic E-state index is 11.2. The number of nitrogens with two attached hydrogens (primary N) is 1. The van der Waals surface area contributed by atoms with E-state index in [1.807, 2.05) is 35.8 Å². The van der Waals surface area contributed by atoms with E-state index >= 15 is 0 Å². The van der Waals surface area contributed by atoms with E-state index in [1.54, 1.807) is 19.3 Å². The topological polar surface area (TPSA) is 73.6 Å². The van der Waals surface area contributed by atoms with Gasteiger partial charge in [0.2, 0.25) is 0 Å². The van der Waals surface area contributed by atoms with Gasteiger partial charge in [-0.15, -0.1) is 0 Å². The minimum Gasteiger partial charge on any atom is -0.493 e. The van der Waals surface area contributed by atoms with Crippen molar-refractivity contribution < 1.29 is 14.3 Å². The SMILES string of the molecule is COc1cc(/C=C/C(=O)NN)cc(Br)c1OCc1ccc(Br)cc1. The lowest BCUT2D eigenvalue weighted by atomic mass is 10.2. The van der Waals surface area contributed by atoms with E-state index in [1.165, 1.54) is 6.08 Å². The molecule has 2 aromatic rings. The van der Waals surface area contributed by atoms with Crippen molar-refractivity contribution >= 4 is 43.8 Å². The van der Waals surface area contributed by atoms with Crippen LogP contribution in [-0.2, 0) is 11.4 Å². The van der Waals surface area contributed by atoms with Crippen molar-refractivity contribution in [2.45, 2.75) is 6.61 Å². The zero-order chi connectivity index (χ0) is 17.5. The molecule has 0 aliphatic carbocycles. The Morgan fingerprint density at radius 3 is 2.58 bits per heavy atom. The van der Waals surface area contributed by atoms with E-state index in [0.29, 0.717) is 18.1 Å². The highest BCUT2D eigenvalue weighted by atomic mass is 79.9. The van der Waals surface area contributed by atoms with Crippen molar-refractivity contribution in [1.29, 1.82) is 0 Å². The summed E-state index contributed by atoms with van der Waals surface area (Å²) >= 11 is 6.88. The Labute approximate surface area is 157 Å². The first-order valence-corrected chi connectivity index (χ1v) is 8.55. The molecule has 2 rings (SSSR count). The highest BCUT2D eigenvalue weighted by molar-refractivity contribution is 9.10. The smallest absolute Gasteiger partial charge is 0.257 e. The lowest BCUT2D eigenvalue weighted by Gasteiger charge is -2.13. The number of hydrogen-bond acceptors (Lipinski definition) is 4. The molecule has 0 heterocycles. The molecule has 0 spiro atoms. The van der Waals surface area contributed by atoms with Crippen LogP contribution in [0.1, 0.15) is 11.1 Å². The molecule has 0 aliphatic rings. The fraction of sp³-hybridized carbons (Fsp3) is 0.118. The van der Waals surface area contributed by atoms with Gasteiger partial charge in [0, 0.05) is 10.5 Å². The van der Waals surface area contributed by atoms with Crippen molar-refractivity contribution in [3.63, 3.8) is 0 Å². The van der Waals surface area contributed by atoms with Crippen molar-refractivity contribution in [1.82, 2.24) is 5.43 Å². The van der Waals surface area contributed by atoms with E-state index in [4.69, 9.17) is 15.3 Å². The molecule has 5 nitrogen and oxygen atoms in total. The summed E-state index contributed by atoms with van der Waals surface area (Å²) in [4.78, 5) is 11.2. The van der Waals surface area contributed by atoms with Crippen LogP contribution >= 0.6 is 31.9 Å². The summed E-state index contributed by atoms with van der Waals surface area (Å²) in [6.45, 7) is 0.410. The second kappa shape index (κ2) is 8.86. The second-order valence-electron chi connectivity index (χ2n) is 4.79. The molecule has 0 aliphatic heterocycles. The zero-order valence-corrected chi connectivity index (χ0v) is 16.1. The molecule has 2 aromatic carbocycles. The van der Waals surface area contributed by atoms with Gasteiger partial charge in [-0.1, -0.05) is 28.1 Å².